The van der Waals surface area contributed by atoms with Gasteiger partial charge in [0, 0.05) is 17.9 Å². The fraction of sp³-hybridized carbons (Fsp3) is 0.333. The van der Waals surface area contributed by atoms with E-state index >= 15 is 0 Å². The van der Waals surface area contributed by atoms with Crippen molar-refractivity contribution in [3.63, 3.8) is 0 Å². The minimum atomic E-state index is -0.683. The lowest BCUT2D eigenvalue weighted by Crippen LogP contribution is -2.45. The zero-order chi connectivity index (χ0) is 21.6. The van der Waals surface area contributed by atoms with Crippen molar-refractivity contribution in [1.29, 1.82) is 0 Å². The van der Waals surface area contributed by atoms with E-state index in [1.165, 1.54) is 0 Å². The zero-order valence-corrected chi connectivity index (χ0v) is 17.4. The number of hydrogen-bond donors (Lipinski definition) is 2. The Morgan fingerprint density at radius 2 is 1.90 bits per heavy atom. The molecule has 0 bridgehead atoms. The number of nitrogens with one attached hydrogen (secondary N) is 2. The van der Waals surface area contributed by atoms with Gasteiger partial charge >= 0.3 is 12.0 Å². The predicted molar refractivity (Wildman–Crippen MR) is 114 cm³/mol. The Hall–Kier alpha value is -3.32. The molecule has 4 rings (SSSR count). The minimum Gasteiger partial charge on any atom is -0.489 e. The lowest BCUT2D eigenvalue weighted by atomic mass is 9.95. The second-order valence-corrected chi connectivity index (χ2v) is 7.62. The summed E-state index contributed by atoms with van der Waals surface area (Å²) in [6, 6.07) is 16.1. The van der Waals surface area contributed by atoms with Crippen LogP contribution in [0.3, 0.4) is 0 Å². The first-order chi connectivity index (χ1) is 15.1. The second kappa shape index (κ2) is 9.66. The lowest BCUT2D eigenvalue weighted by Gasteiger charge is -2.29. The molecule has 1 fully saturated rings. The maximum atomic E-state index is 13.0. The Bertz CT molecular complexity index is 967. The second-order valence-electron chi connectivity index (χ2n) is 7.62. The van der Waals surface area contributed by atoms with Gasteiger partial charge in [-0.15, -0.1) is 0 Å². The third-order valence-corrected chi connectivity index (χ3v) is 5.38. The Kier molecular flexibility index (Phi) is 6.52. The van der Waals surface area contributed by atoms with Crippen LogP contribution in [0.4, 0.5) is 4.79 Å². The highest BCUT2D eigenvalue weighted by atomic mass is 16.6. The number of para-hydroxylation sites is 1. The van der Waals surface area contributed by atoms with Gasteiger partial charge in [0.1, 0.15) is 19.0 Å². The molecule has 0 aliphatic carbocycles. The summed E-state index contributed by atoms with van der Waals surface area (Å²) in [4.78, 5) is 25.2. The molecular weight excluding hydrogens is 396 g/mol. The van der Waals surface area contributed by atoms with E-state index in [-0.39, 0.29) is 18.7 Å². The van der Waals surface area contributed by atoms with Crippen LogP contribution >= 0.6 is 0 Å². The van der Waals surface area contributed by atoms with Gasteiger partial charge in [0.2, 0.25) is 0 Å². The van der Waals surface area contributed by atoms with Gasteiger partial charge in [0.25, 0.3) is 0 Å². The van der Waals surface area contributed by atoms with Crippen LogP contribution in [0.25, 0.3) is 0 Å². The normalized spacial score (nSPS) is 20.7. The van der Waals surface area contributed by atoms with Crippen LogP contribution in [0.5, 0.6) is 5.75 Å². The molecule has 7 nitrogen and oxygen atoms in total. The van der Waals surface area contributed by atoms with E-state index in [0.717, 1.165) is 18.4 Å². The fourth-order valence-corrected chi connectivity index (χ4v) is 3.81. The summed E-state index contributed by atoms with van der Waals surface area (Å²) in [5.41, 5.74) is 2.53. The van der Waals surface area contributed by atoms with E-state index in [4.69, 9.17) is 14.2 Å². The molecular formula is C24H26N2O5. The van der Waals surface area contributed by atoms with Gasteiger partial charge in [0.15, 0.2) is 0 Å². The minimum absolute atomic E-state index is 0.0732. The number of carbonyl (C=O) groups is 2. The van der Waals surface area contributed by atoms with Gasteiger partial charge in [0.05, 0.1) is 17.7 Å². The number of esters is 1. The SMILES string of the molecule is CC1=C(C(=O)OC[C@@H]2CCCO2)[C@H](c2ccccc2OCc2ccccc2)NC(=O)N1. The third-order valence-electron chi connectivity index (χ3n) is 5.38. The smallest absolute Gasteiger partial charge is 0.338 e. The van der Waals surface area contributed by atoms with E-state index < -0.39 is 12.0 Å². The maximum absolute atomic E-state index is 13.0. The highest BCUT2D eigenvalue weighted by Crippen LogP contribution is 2.34. The maximum Gasteiger partial charge on any atom is 0.338 e. The first kappa shape index (κ1) is 20.9. The molecule has 0 radical (unpaired) electrons. The Labute approximate surface area is 181 Å². The largest absolute Gasteiger partial charge is 0.489 e. The van der Waals surface area contributed by atoms with Crippen molar-refractivity contribution in [2.24, 2.45) is 0 Å². The van der Waals surface area contributed by atoms with Crippen LogP contribution in [0.1, 0.15) is 36.9 Å². The Morgan fingerprint density at radius 3 is 2.68 bits per heavy atom. The van der Waals surface area contributed by atoms with Crippen LogP contribution in [-0.2, 0) is 20.9 Å². The average Bonchev–Trinajstić information content (AvgIpc) is 3.30. The van der Waals surface area contributed by atoms with E-state index in [1.807, 2.05) is 54.6 Å². The van der Waals surface area contributed by atoms with Crippen LogP contribution in [0.15, 0.2) is 65.9 Å². The molecule has 2 atom stereocenters. The molecule has 7 heteroatoms. The third kappa shape index (κ3) is 5.06. The summed E-state index contributed by atoms with van der Waals surface area (Å²) >= 11 is 0. The molecule has 2 aliphatic heterocycles. The summed E-state index contributed by atoms with van der Waals surface area (Å²) in [5, 5.41) is 5.51. The highest BCUT2D eigenvalue weighted by Gasteiger charge is 2.34. The summed E-state index contributed by atoms with van der Waals surface area (Å²) in [5.74, 6) is 0.110. The van der Waals surface area contributed by atoms with Gasteiger partial charge in [-0.3, -0.25) is 0 Å². The molecule has 0 unspecified atom stereocenters. The zero-order valence-electron chi connectivity index (χ0n) is 17.4. The van der Waals surface area contributed by atoms with Gasteiger partial charge in [-0.25, -0.2) is 9.59 Å². The summed E-state index contributed by atoms with van der Waals surface area (Å²) in [7, 11) is 0. The Balaban J connectivity index is 1.56. The van der Waals surface area contributed by atoms with E-state index in [2.05, 4.69) is 10.6 Å². The first-order valence-electron chi connectivity index (χ1n) is 10.4. The topological polar surface area (TPSA) is 85.9 Å². The molecule has 1 saturated heterocycles. The number of urea groups is 1. The van der Waals surface area contributed by atoms with E-state index in [9.17, 15) is 9.59 Å². The number of carbonyl (C=O) groups excluding carboxylic acids is 2. The number of rotatable bonds is 7. The molecule has 31 heavy (non-hydrogen) atoms. The summed E-state index contributed by atoms with van der Waals surface area (Å²) in [6.07, 6.45) is 1.77. The van der Waals surface area contributed by atoms with Crippen LogP contribution in [0, 0.1) is 0 Å². The van der Waals surface area contributed by atoms with E-state index in [0.29, 0.717) is 35.8 Å². The van der Waals surface area contributed by atoms with Crippen molar-refractivity contribution in [3.8, 4) is 5.75 Å². The van der Waals surface area contributed by atoms with Crippen molar-refractivity contribution in [2.45, 2.75) is 38.5 Å². The molecule has 2 aromatic rings. The van der Waals surface area contributed by atoms with Crippen LogP contribution in [0.2, 0.25) is 0 Å². The van der Waals surface area contributed by atoms with Crippen molar-refractivity contribution < 1.29 is 23.8 Å². The molecule has 2 heterocycles. The molecule has 2 N–H and O–H groups in total. The molecule has 0 aromatic heterocycles. The number of allylic oxidation sites excluding steroid dienone is 1. The molecule has 162 valence electrons. The van der Waals surface area contributed by atoms with Crippen LogP contribution in [-0.4, -0.2) is 31.3 Å². The van der Waals surface area contributed by atoms with Gasteiger partial charge in [-0.05, 0) is 31.4 Å². The quantitative estimate of drug-likeness (QED) is 0.666. The molecule has 0 saturated carbocycles. The van der Waals surface area contributed by atoms with Gasteiger partial charge in [-0.2, -0.15) is 0 Å². The molecule has 0 spiro atoms. The average molecular weight is 422 g/mol. The highest BCUT2D eigenvalue weighted by molar-refractivity contribution is 5.95. The van der Waals surface area contributed by atoms with Crippen molar-refractivity contribution >= 4 is 12.0 Å². The van der Waals surface area contributed by atoms with Gasteiger partial charge in [-0.1, -0.05) is 48.5 Å². The number of ether oxygens (including phenoxy) is 3. The van der Waals surface area contributed by atoms with Crippen molar-refractivity contribution in [3.05, 3.63) is 77.0 Å². The van der Waals surface area contributed by atoms with Crippen LogP contribution < -0.4 is 15.4 Å². The molecule has 2 amide bonds. The Morgan fingerprint density at radius 1 is 1.13 bits per heavy atom. The molecule has 2 aromatic carbocycles. The fourth-order valence-electron chi connectivity index (χ4n) is 3.81. The summed E-state index contributed by atoms with van der Waals surface area (Å²) in [6.45, 7) is 2.96. The standard InChI is InChI=1S/C24H26N2O5/c1-16-21(23(27)31-15-18-10-7-13-29-18)22(26-24(28)25-16)19-11-5-6-12-20(19)30-14-17-8-3-2-4-9-17/h2-6,8-9,11-12,18,22H,7,10,13-15H2,1H3,(H2,25,26,28)/t18-,22-/m0/s1. The van der Waals surface area contributed by atoms with Crippen molar-refractivity contribution in [2.75, 3.05) is 13.2 Å². The molecule has 2 aliphatic rings. The summed E-state index contributed by atoms with van der Waals surface area (Å²) < 4.78 is 17.1. The number of benzene rings is 2. The lowest BCUT2D eigenvalue weighted by molar-refractivity contribution is -0.142. The van der Waals surface area contributed by atoms with E-state index in [1.54, 1.807) is 6.92 Å². The first-order valence-corrected chi connectivity index (χ1v) is 10.4. The van der Waals surface area contributed by atoms with Crippen molar-refractivity contribution in [1.82, 2.24) is 10.6 Å². The number of amides is 2. The number of hydrogen-bond acceptors (Lipinski definition) is 5. The monoisotopic (exact) mass is 422 g/mol. The van der Waals surface area contributed by atoms with Gasteiger partial charge < -0.3 is 24.8 Å². The predicted octanol–water partition coefficient (Wildman–Crippen LogP) is 3.62.